The Morgan fingerprint density at radius 2 is 1.18 bits per heavy atom. The van der Waals surface area contributed by atoms with Gasteiger partial charge < -0.3 is 13.3 Å². The van der Waals surface area contributed by atoms with E-state index in [1.54, 1.807) is 0 Å². The normalized spacial score (nSPS) is 34.8. The summed E-state index contributed by atoms with van der Waals surface area (Å²) in [6, 6.07) is 0. The standard InChI is InChI=1S/C37H74O4Si3/c1-33(2,3)42(12,13)39-25-27-24-28(41-44(16,17)35(7,8)9)20-22-36(27,10)31-21-23-37(11)30(18-19-32(37)38)29(31)26-40-43(14,15)34(4,5)6/h27-31H,18-26H2,1-17H3/t27-,28+,29+,30+,31+,36-,37+/m1/s1. The highest BCUT2D eigenvalue weighted by Gasteiger charge is 2.59. The molecule has 0 unspecified atom stereocenters. The fraction of sp³-hybridized carbons (Fsp3) is 0.973. The van der Waals surface area contributed by atoms with E-state index in [0.717, 1.165) is 51.7 Å². The zero-order chi connectivity index (χ0) is 33.9. The molecule has 0 aromatic heterocycles. The van der Waals surface area contributed by atoms with Crippen LogP contribution in [-0.4, -0.2) is 50.1 Å². The molecule has 3 saturated carbocycles. The second-order valence-electron chi connectivity index (χ2n) is 20.4. The Morgan fingerprint density at radius 3 is 1.68 bits per heavy atom. The summed E-state index contributed by atoms with van der Waals surface area (Å²) in [5.41, 5.74) is -0.0336. The van der Waals surface area contributed by atoms with Crippen molar-refractivity contribution in [1.29, 1.82) is 0 Å². The lowest BCUT2D eigenvalue weighted by Gasteiger charge is -2.57. The quantitative estimate of drug-likeness (QED) is 0.230. The van der Waals surface area contributed by atoms with Crippen molar-refractivity contribution in [2.24, 2.45) is 34.5 Å². The van der Waals surface area contributed by atoms with Crippen LogP contribution < -0.4 is 0 Å². The van der Waals surface area contributed by atoms with Crippen LogP contribution in [-0.2, 0) is 18.1 Å². The number of ketones is 1. The lowest BCUT2D eigenvalue weighted by molar-refractivity contribution is -0.137. The Morgan fingerprint density at radius 1 is 0.682 bits per heavy atom. The van der Waals surface area contributed by atoms with Gasteiger partial charge in [-0.05, 0) is 122 Å². The minimum atomic E-state index is -1.93. The predicted molar refractivity (Wildman–Crippen MR) is 196 cm³/mol. The van der Waals surface area contributed by atoms with Gasteiger partial charge in [0.1, 0.15) is 5.78 Å². The van der Waals surface area contributed by atoms with Crippen LogP contribution in [0.4, 0.5) is 0 Å². The van der Waals surface area contributed by atoms with Gasteiger partial charge in [-0.15, -0.1) is 0 Å². The van der Waals surface area contributed by atoms with E-state index in [1.165, 1.54) is 6.42 Å². The minimum absolute atomic E-state index is 0.143. The zero-order valence-corrected chi connectivity index (χ0v) is 35.4. The van der Waals surface area contributed by atoms with E-state index in [0.29, 0.717) is 35.6 Å². The summed E-state index contributed by atoms with van der Waals surface area (Å²) in [5.74, 6) is 2.35. The van der Waals surface area contributed by atoms with Gasteiger partial charge in [0, 0.05) is 31.2 Å². The summed E-state index contributed by atoms with van der Waals surface area (Å²) < 4.78 is 21.3. The summed E-state index contributed by atoms with van der Waals surface area (Å²) in [6.45, 7) is 42.2. The first kappa shape index (κ1) is 38.6. The van der Waals surface area contributed by atoms with E-state index < -0.39 is 25.0 Å². The molecule has 44 heavy (non-hydrogen) atoms. The van der Waals surface area contributed by atoms with Crippen molar-refractivity contribution in [3.05, 3.63) is 0 Å². The monoisotopic (exact) mass is 666 g/mol. The Kier molecular flexibility index (Phi) is 11.1. The molecule has 7 heteroatoms. The van der Waals surface area contributed by atoms with Crippen LogP contribution >= 0.6 is 0 Å². The molecular weight excluding hydrogens is 593 g/mol. The molecule has 3 rings (SSSR count). The van der Waals surface area contributed by atoms with Gasteiger partial charge in [0.05, 0.1) is 0 Å². The molecule has 0 amide bonds. The average molecular weight is 667 g/mol. The summed E-state index contributed by atoms with van der Waals surface area (Å²) in [4.78, 5) is 13.4. The number of hydrogen-bond acceptors (Lipinski definition) is 4. The molecule has 0 heterocycles. The van der Waals surface area contributed by atoms with Crippen molar-refractivity contribution >= 4 is 30.7 Å². The Bertz CT molecular complexity index is 1020. The fourth-order valence-corrected chi connectivity index (χ4v) is 11.5. The van der Waals surface area contributed by atoms with Crippen molar-refractivity contribution in [3.8, 4) is 0 Å². The maximum atomic E-state index is 13.4. The Balaban J connectivity index is 2.00. The fourth-order valence-electron chi connectivity index (χ4n) is 7.98. The molecule has 0 radical (unpaired) electrons. The molecule has 4 nitrogen and oxygen atoms in total. The molecule has 0 N–H and O–H groups in total. The molecule has 7 atom stereocenters. The molecule has 3 fully saturated rings. The first-order chi connectivity index (χ1) is 19.6. The molecule has 0 aromatic carbocycles. The SMILES string of the molecule is CC(C)(C)[Si](C)(C)OC[C@@H]1[C@@H]([C@]2(C)CC[C@H](O[Si](C)(C)C(C)(C)C)C[C@@H]2CO[Si](C)(C)C(C)(C)C)CC[C@]2(C)C(=O)CC[C@@H]12. The molecule has 258 valence electrons. The van der Waals surface area contributed by atoms with E-state index in [2.05, 4.69) is 115 Å². The smallest absolute Gasteiger partial charge is 0.192 e. The van der Waals surface area contributed by atoms with Crippen molar-refractivity contribution in [2.45, 2.75) is 182 Å². The third-order valence-electron chi connectivity index (χ3n) is 14.6. The highest BCUT2D eigenvalue weighted by Crippen LogP contribution is 2.62. The summed E-state index contributed by atoms with van der Waals surface area (Å²) in [5, 5.41) is 0.565. The van der Waals surface area contributed by atoms with Gasteiger partial charge in [-0.25, -0.2) is 0 Å². The van der Waals surface area contributed by atoms with Crippen LogP contribution in [0.15, 0.2) is 0 Å². The first-order valence-corrected chi connectivity index (χ1v) is 26.8. The van der Waals surface area contributed by atoms with Gasteiger partial charge in [-0.1, -0.05) is 76.2 Å². The molecule has 0 aromatic rings. The van der Waals surface area contributed by atoms with Crippen molar-refractivity contribution < 1.29 is 18.1 Å². The van der Waals surface area contributed by atoms with Gasteiger partial charge in [0.25, 0.3) is 0 Å². The topological polar surface area (TPSA) is 44.8 Å². The van der Waals surface area contributed by atoms with Gasteiger partial charge >= 0.3 is 0 Å². The highest BCUT2D eigenvalue weighted by molar-refractivity contribution is 6.74. The van der Waals surface area contributed by atoms with Gasteiger partial charge in [-0.2, -0.15) is 0 Å². The van der Waals surface area contributed by atoms with E-state index in [4.69, 9.17) is 13.3 Å². The Hall–Kier alpha value is 0.201. The highest BCUT2D eigenvalue weighted by atomic mass is 28.4. The molecule has 3 aliphatic carbocycles. The molecular formula is C37H74O4Si3. The average Bonchev–Trinajstić information content (AvgIpc) is 3.15. The van der Waals surface area contributed by atoms with Crippen LogP contribution in [0, 0.1) is 34.5 Å². The third-order valence-corrected chi connectivity index (χ3v) is 28.2. The Labute approximate surface area is 277 Å². The third kappa shape index (κ3) is 7.58. The number of rotatable bonds is 9. The van der Waals surface area contributed by atoms with Crippen LogP contribution in [0.1, 0.15) is 121 Å². The number of carbonyl (C=O) groups excluding carboxylic acids is 1. The molecule has 3 aliphatic rings. The van der Waals surface area contributed by atoms with Crippen LogP contribution in [0.2, 0.25) is 54.4 Å². The lowest BCUT2D eigenvalue weighted by atomic mass is 9.49. The zero-order valence-electron chi connectivity index (χ0n) is 32.4. The lowest BCUT2D eigenvalue weighted by Crippen LogP contribution is -2.56. The number of Topliss-reactive ketones (excluding diaryl/α,β-unsaturated/α-hetero) is 1. The second kappa shape index (κ2) is 12.6. The van der Waals surface area contributed by atoms with Crippen molar-refractivity contribution in [2.75, 3.05) is 13.2 Å². The molecule has 0 aliphatic heterocycles. The van der Waals surface area contributed by atoms with E-state index in [1.807, 2.05) is 0 Å². The number of carbonyl (C=O) groups is 1. The maximum Gasteiger partial charge on any atom is 0.192 e. The summed E-state index contributed by atoms with van der Waals surface area (Å²) in [6.07, 6.45) is 7.66. The summed E-state index contributed by atoms with van der Waals surface area (Å²) in [7, 11) is -5.73. The number of hydrogen-bond donors (Lipinski definition) is 0. The van der Waals surface area contributed by atoms with Crippen molar-refractivity contribution in [3.63, 3.8) is 0 Å². The first-order valence-electron chi connectivity index (χ1n) is 18.1. The van der Waals surface area contributed by atoms with E-state index in [9.17, 15) is 4.79 Å². The van der Waals surface area contributed by atoms with Crippen molar-refractivity contribution in [1.82, 2.24) is 0 Å². The van der Waals surface area contributed by atoms with E-state index >= 15 is 0 Å². The van der Waals surface area contributed by atoms with Gasteiger partial charge in [0.15, 0.2) is 25.0 Å². The van der Waals surface area contributed by atoms with Crippen LogP contribution in [0.3, 0.4) is 0 Å². The minimum Gasteiger partial charge on any atom is -0.417 e. The number of fused-ring (bicyclic) bond motifs is 1. The maximum absolute atomic E-state index is 13.4. The van der Waals surface area contributed by atoms with Crippen LogP contribution in [0.5, 0.6) is 0 Å². The largest absolute Gasteiger partial charge is 0.417 e. The second-order valence-corrected chi connectivity index (χ2v) is 34.8. The molecule has 0 bridgehead atoms. The van der Waals surface area contributed by atoms with Gasteiger partial charge in [0.2, 0.25) is 0 Å². The molecule has 0 spiro atoms. The van der Waals surface area contributed by atoms with Gasteiger partial charge in [-0.3, -0.25) is 4.79 Å². The summed E-state index contributed by atoms with van der Waals surface area (Å²) >= 11 is 0. The predicted octanol–water partition coefficient (Wildman–Crippen LogP) is 11.2. The molecule has 0 saturated heterocycles. The van der Waals surface area contributed by atoms with E-state index in [-0.39, 0.29) is 25.9 Å². The van der Waals surface area contributed by atoms with Crippen LogP contribution in [0.25, 0.3) is 0 Å².